The van der Waals surface area contributed by atoms with E-state index < -0.39 is 0 Å². The third-order valence-corrected chi connectivity index (χ3v) is 7.02. The molecule has 2 aromatic carbocycles. The van der Waals surface area contributed by atoms with Crippen molar-refractivity contribution in [1.82, 2.24) is 14.3 Å². The van der Waals surface area contributed by atoms with Gasteiger partial charge in [-0.15, -0.1) is 0 Å². The van der Waals surface area contributed by atoms with Crippen LogP contribution >= 0.6 is 11.3 Å². The lowest BCUT2D eigenvalue weighted by Crippen LogP contribution is -2.43. The topological polar surface area (TPSA) is 82.4 Å². The van der Waals surface area contributed by atoms with Gasteiger partial charge in [-0.25, -0.2) is 9.38 Å². The first kappa shape index (κ1) is 22.4. The van der Waals surface area contributed by atoms with E-state index >= 15 is 0 Å². The lowest BCUT2D eigenvalue weighted by Gasteiger charge is -2.26. The Balaban J connectivity index is 1.42. The lowest BCUT2D eigenvalue weighted by molar-refractivity contribution is -0.137. The SMILES string of the molecule is COc1cc(/C=c2/sc3nc4cc(C)c(C)cc4n3c2=O)ccc1OCC(=O)N1CCOCC1. The number of aryl methyl sites for hydroxylation is 2. The van der Waals surface area contributed by atoms with Crippen molar-refractivity contribution in [3.8, 4) is 11.5 Å². The van der Waals surface area contributed by atoms with Gasteiger partial charge in [0.15, 0.2) is 23.1 Å². The van der Waals surface area contributed by atoms with Gasteiger partial charge in [0.1, 0.15) is 0 Å². The third kappa shape index (κ3) is 4.12. The van der Waals surface area contributed by atoms with Crippen LogP contribution in [0.25, 0.3) is 22.1 Å². The van der Waals surface area contributed by atoms with Crippen LogP contribution in [0.1, 0.15) is 16.7 Å². The highest BCUT2D eigenvalue weighted by Gasteiger charge is 2.18. The van der Waals surface area contributed by atoms with Gasteiger partial charge >= 0.3 is 0 Å². The number of nitrogens with zero attached hydrogens (tertiary/aromatic N) is 3. The maximum atomic E-state index is 13.1. The molecule has 2 aromatic heterocycles. The molecule has 0 aliphatic carbocycles. The molecule has 0 spiro atoms. The highest BCUT2D eigenvalue weighted by molar-refractivity contribution is 7.15. The summed E-state index contributed by atoms with van der Waals surface area (Å²) in [5.74, 6) is 0.881. The fourth-order valence-corrected chi connectivity index (χ4v) is 4.99. The highest BCUT2D eigenvalue weighted by atomic mass is 32.1. The summed E-state index contributed by atoms with van der Waals surface area (Å²) in [6, 6.07) is 9.41. The van der Waals surface area contributed by atoms with E-state index in [0.29, 0.717) is 47.3 Å². The van der Waals surface area contributed by atoms with Crippen molar-refractivity contribution in [3.63, 3.8) is 0 Å². The average Bonchev–Trinajstić information content (AvgIpc) is 3.34. The Morgan fingerprint density at radius 3 is 2.68 bits per heavy atom. The number of hydrogen-bond donors (Lipinski definition) is 0. The van der Waals surface area contributed by atoms with E-state index in [2.05, 4.69) is 4.98 Å². The largest absolute Gasteiger partial charge is 0.493 e. The summed E-state index contributed by atoms with van der Waals surface area (Å²) in [4.78, 5) is 32.6. The molecule has 8 nitrogen and oxygen atoms in total. The number of rotatable bonds is 5. The quantitative estimate of drug-likeness (QED) is 0.437. The maximum Gasteiger partial charge on any atom is 0.274 e. The van der Waals surface area contributed by atoms with Crippen LogP contribution in [-0.4, -0.2) is 60.2 Å². The van der Waals surface area contributed by atoms with E-state index in [0.717, 1.165) is 27.7 Å². The van der Waals surface area contributed by atoms with Crippen molar-refractivity contribution >= 4 is 39.3 Å². The number of amides is 1. The van der Waals surface area contributed by atoms with Crippen molar-refractivity contribution in [2.75, 3.05) is 40.0 Å². The molecule has 1 aliphatic heterocycles. The van der Waals surface area contributed by atoms with E-state index in [4.69, 9.17) is 14.2 Å². The van der Waals surface area contributed by atoms with Gasteiger partial charge in [0.25, 0.3) is 11.5 Å². The smallest absolute Gasteiger partial charge is 0.274 e. The lowest BCUT2D eigenvalue weighted by atomic mass is 10.1. The Bertz CT molecular complexity index is 1500. The average molecular weight is 480 g/mol. The van der Waals surface area contributed by atoms with Gasteiger partial charge in [-0.3, -0.25) is 9.59 Å². The minimum atomic E-state index is -0.0962. The molecule has 34 heavy (non-hydrogen) atoms. The maximum absolute atomic E-state index is 13.1. The second kappa shape index (κ2) is 9.08. The first-order valence-electron chi connectivity index (χ1n) is 11.0. The molecule has 5 rings (SSSR count). The first-order valence-corrected chi connectivity index (χ1v) is 11.9. The van der Waals surface area contributed by atoms with Crippen molar-refractivity contribution < 1.29 is 19.0 Å². The standard InChI is InChI=1S/C25H25N3O5S/c1-15-10-18-19(11-16(15)2)28-24(30)22(34-25(28)26-18)13-17-4-5-20(21(12-17)31-3)33-14-23(29)27-6-8-32-9-7-27/h4-5,10-13H,6-9,14H2,1-3H3/b22-13+. The summed E-state index contributed by atoms with van der Waals surface area (Å²) in [5, 5.41) is 0. The van der Waals surface area contributed by atoms with Crippen LogP contribution in [0.2, 0.25) is 0 Å². The molecule has 176 valence electrons. The van der Waals surface area contributed by atoms with Crippen LogP contribution < -0.4 is 19.6 Å². The Morgan fingerprint density at radius 2 is 1.91 bits per heavy atom. The summed E-state index contributed by atoms with van der Waals surface area (Å²) in [7, 11) is 1.55. The van der Waals surface area contributed by atoms with Crippen LogP contribution in [0.15, 0.2) is 35.1 Å². The van der Waals surface area contributed by atoms with Gasteiger partial charge in [-0.05, 0) is 60.9 Å². The fourth-order valence-electron chi connectivity index (χ4n) is 4.01. The molecule has 1 saturated heterocycles. The predicted octanol–water partition coefficient (Wildman–Crippen LogP) is 2.32. The van der Waals surface area contributed by atoms with Crippen molar-refractivity contribution in [3.05, 3.63) is 61.9 Å². The van der Waals surface area contributed by atoms with E-state index in [1.165, 1.54) is 11.3 Å². The summed E-state index contributed by atoms with van der Waals surface area (Å²) >= 11 is 1.36. The number of imidazole rings is 1. The summed E-state index contributed by atoms with van der Waals surface area (Å²) in [5.41, 5.74) is 4.62. The zero-order chi connectivity index (χ0) is 23.8. The van der Waals surface area contributed by atoms with E-state index in [1.54, 1.807) is 28.5 Å². The van der Waals surface area contributed by atoms with E-state index in [-0.39, 0.29) is 18.1 Å². The van der Waals surface area contributed by atoms with Gasteiger partial charge in [0.2, 0.25) is 0 Å². The molecule has 0 N–H and O–H groups in total. The minimum absolute atomic E-state index is 0.0712. The highest BCUT2D eigenvalue weighted by Crippen LogP contribution is 2.28. The molecular weight excluding hydrogens is 454 g/mol. The van der Waals surface area contributed by atoms with Gasteiger partial charge < -0.3 is 19.1 Å². The molecule has 0 radical (unpaired) electrons. The van der Waals surface area contributed by atoms with E-state index in [9.17, 15) is 9.59 Å². The fraction of sp³-hybridized carbons (Fsp3) is 0.320. The zero-order valence-electron chi connectivity index (χ0n) is 19.3. The van der Waals surface area contributed by atoms with Crippen molar-refractivity contribution in [1.29, 1.82) is 0 Å². The molecule has 4 aromatic rings. The molecule has 9 heteroatoms. The normalized spacial score (nSPS) is 14.8. The number of morpholine rings is 1. The second-order valence-corrected chi connectivity index (χ2v) is 9.27. The molecule has 3 heterocycles. The van der Waals surface area contributed by atoms with Crippen LogP contribution in [0.4, 0.5) is 0 Å². The molecule has 1 aliphatic rings. The number of thiazole rings is 1. The Kier molecular flexibility index (Phi) is 5.97. The molecule has 0 bridgehead atoms. The van der Waals surface area contributed by atoms with Gasteiger partial charge in [0.05, 0.1) is 35.9 Å². The van der Waals surface area contributed by atoms with E-state index in [1.807, 2.05) is 38.1 Å². The molecule has 1 amide bonds. The van der Waals surface area contributed by atoms with Crippen LogP contribution in [0.5, 0.6) is 11.5 Å². The monoisotopic (exact) mass is 479 g/mol. The van der Waals surface area contributed by atoms with Crippen molar-refractivity contribution in [2.45, 2.75) is 13.8 Å². The first-order chi connectivity index (χ1) is 16.4. The molecule has 0 unspecified atom stereocenters. The summed E-state index contributed by atoms with van der Waals surface area (Å²) < 4.78 is 18.7. The number of hydrogen-bond acceptors (Lipinski definition) is 7. The molecular formula is C25H25N3O5S. The Labute approximate surface area is 200 Å². The number of fused-ring (bicyclic) bond motifs is 3. The zero-order valence-corrected chi connectivity index (χ0v) is 20.1. The number of aromatic nitrogens is 2. The van der Waals surface area contributed by atoms with Gasteiger partial charge in [-0.1, -0.05) is 17.4 Å². The van der Waals surface area contributed by atoms with Crippen molar-refractivity contribution in [2.24, 2.45) is 0 Å². The molecule has 1 fully saturated rings. The Hall–Kier alpha value is -3.43. The third-order valence-electron chi connectivity index (χ3n) is 6.05. The number of carbonyl (C=O) groups is 1. The molecule has 0 saturated carbocycles. The van der Waals surface area contributed by atoms with Crippen LogP contribution in [0, 0.1) is 13.8 Å². The second-order valence-electron chi connectivity index (χ2n) is 8.26. The molecule has 0 atom stereocenters. The van der Waals surface area contributed by atoms with Crippen LogP contribution in [-0.2, 0) is 9.53 Å². The summed E-state index contributed by atoms with van der Waals surface area (Å²) in [6.07, 6.45) is 1.82. The number of ether oxygens (including phenoxy) is 3. The van der Waals surface area contributed by atoms with Crippen LogP contribution in [0.3, 0.4) is 0 Å². The Morgan fingerprint density at radius 1 is 1.15 bits per heavy atom. The predicted molar refractivity (Wildman–Crippen MR) is 131 cm³/mol. The number of benzene rings is 2. The number of carbonyl (C=O) groups excluding carboxylic acids is 1. The minimum Gasteiger partial charge on any atom is -0.493 e. The van der Waals surface area contributed by atoms with Gasteiger partial charge in [0, 0.05) is 13.1 Å². The number of methoxy groups -OCH3 is 1. The summed E-state index contributed by atoms with van der Waals surface area (Å²) in [6.45, 7) is 6.24. The van der Waals surface area contributed by atoms with Gasteiger partial charge in [-0.2, -0.15) is 0 Å².